The molecular formula is C14H18O4. The molecule has 4 nitrogen and oxygen atoms in total. The van der Waals surface area contributed by atoms with Crippen molar-refractivity contribution in [2.45, 2.75) is 25.9 Å². The lowest BCUT2D eigenvalue weighted by Gasteiger charge is -2.18. The number of methoxy groups -OCH3 is 2. The summed E-state index contributed by atoms with van der Waals surface area (Å²) in [5, 5.41) is 0. The van der Waals surface area contributed by atoms with Gasteiger partial charge in [-0.1, -0.05) is 6.07 Å². The highest BCUT2D eigenvalue weighted by Gasteiger charge is 2.39. The maximum atomic E-state index is 11.7. The van der Waals surface area contributed by atoms with E-state index in [0.717, 1.165) is 18.4 Å². The Morgan fingerprint density at radius 1 is 1.28 bits per heavy atom. The SMILES string of the molecule is COC(=O)C(Oc1ccc(C)cc1OC)C1CC1. The number of hydrogen-bond donors (Lipinski definition) is 0. The van der Waals surface area contributed by atoms with Crippen LogP contribution in [-0.2, 0) is 9.53 Å². The van der Waals surface area contributed by atoms with Crippen LogP contribution in [-0.4, -0.2) is 26.3 Å². The van der Waals surface area contributed by atoms with Gasteiger partial charge in [-0.15, -0.1) is 0 Å². The molecule has 0 radical (unpaired) electrons. The van der Waals surface area contributed by atoms with E-state index in [1.165, 1.54) is 7.11 Å². The van der Waals surface area contributed by atoms with Crippen molar-refractivity contribution in [2.24, 2.45) is 5.92 Å². The average Bonchev–Trinajstić information content (AvgIpc) is 3.20. The fourth-order valence-electron chi connectivity index (χ4n) is 1.86. The Hall–Kier alpha value is -1.71. The van der Waals surface area contributed by atoms with Crippen LogP contribution in [0, 0.1) is 12.8 Å². The van der Waals surface area contributed by atoms with Gasteiger partial charge in [0.05, 0.1) is 14.2 Å². The summed E-state index contributed by atoms with van der Waals surface area (Å²) in [6.45, 7) is 1.98. The van der Waals surface area contributed by atoms with Crippen molar-refractivity contribution in [2.75, 3.05) is 14.2 Å². The third-order valence-electron chi connectivity index (χ3n) is 3.06. The zero-order chi connectivity index (χ0) is 13.1. The summed E-state index contributed by atoms with van der Waals surface area (Å²) in [5.74, 6) is 1.18. The number of ether oxygens (including phenoxy) is 3. The van der Waals surface area contributed by atoms with Gasteiger partial charge in [0.2, 0.25) is 0 Å². The lowest BCUT2D eigenvalue weighted by molar-refractivity contribution is -0.149. The molecule has 0 aliphatic heterocycles. The van der Waals surface area contributed by atoms with Gasteiger partial charge in [-0.05, 0) is 37.5 Å². The van der Waals surface area contributed by atoms with Crippen molar-refractivity contribution in [3.8, 4) is 11.5 Å². The molecule has 4 heteroatoms. The number of rotatable bonds is 5. The number of hydrogen-bond acceptors (Lipinski definition) is 4. The lowest BCUT2D eigenvalue weighted by atomic mass is 10.2. The first-order chi connectivity index (χ1) is 8.65. The molecule has 1 aliphatic rings. The van der Waals surface area contributed by atoms with Crippen LogP contribution >= 0.6 is 0 Å². The second kappa shape index (κ2) is 5.29. The lowest BCUT2D eigenvalue weighted by Crippen LogP contribution is -2.30. The van der Waals surface area contributed by atoms with Gasteiger partial charge in [-0.25, -0.2) is 4.79 Å². The number of carbonyl (C=O) groups excluding carboxylic acids is 1. The van der Waals surface area contributed by atoms with Gasteiger partial charge in [0.15, 0.2) is 17.6 Å². The van der Waals surface area contributed by atoms with Crippen LogP contribution < -0.4 is 9.47 Å². The van der Waals surface area contributed by atoms with Crippen molar-refractivity contribution < 1.29 is 19.0 Å². The van der Waals surface area contributed by atoms with E-state index in [0.29, 0.717) is 11.5 Å². The van der Waals surface area contributed by atoms with Crippen molar-refractivity contribution >= 4 is 5.97 Å². The zero-order valence-electron chi connectivity index (χ0n) is 10.9. The molecular weight excluding hydrogens is 232 g/mol. The first-order valence-corrected chi connectivity index (χ1v) is 6.05. The van der Waals surface area contributed by atoms with Gasteiger partial charge in [0.1, 0.15) is 0 Å². The fourth-order valence-corrected chi connectivity index (χ4v) is 1.86. The van der Waals surface area contributed by atoms with Crippen LogP contribution in [0.5, 0.6) is 11.5 Å². The van der Waals surface area contributed by atoms with Crippen molar-refractivity contribution in [1.82, 2.24) is 0 Å². The summed E-state index contributed by atoms with van der Waals surface area (Å²) in [5.41, 5.74) is 1.08. The van der Waals surface area contributed by atoms with Crippen LogP contribution in [0.2, 0.25) is 0 Å². The topological polar surface area (TPSA) is 44.8 Å². The largest absolute Gasteiger partial charge is 0.493 e. The van der Waals surface area contributed by atoms with Gasteiger partial charge < -0.3 is 14.2 Å². The summed E-state index contributed by atoms with van der Waals surface area (Å²) in [4.78, 5) is 11.7. The second-order valence-corrected chi connectivity index (χ2v) is 4.55. The molecule has 1 unspecified atom stereocenters. The second-order valence-electron chi connectivity index (χ2n) is 4.55. The quantitative estimate of drug-likeness (QED) is 0.752. The predicted octanol–water partition coefficient (Wildman–Crippen LogP) is 2.33. The van der Waals surface area contributed by atoms with Crippen molar-refractivity contribution in [3.05, 3.63) is 23.8 Å². The summed E-state index contributed by atoms with van der Waals surface area (Å²) in [6.07, 6.45) is 1.49. The van der Waals surface area contributed by atoms with E-state index < -0.39 is 6.10 Å². The highest BCUT2D eigenvalue weighted by molar-refractivity contribution is 5.76. The van der Waals surface area contributed by atoms with Crippen LogP contribution in [0.15, 0.2) is 18.2 Å². The van der Waals surface area contributed by atoms with E-state index in [1.54, 1.807) is 7.11 Å². The minimum Gasteiger partial charge on any atom is -0.493 e. The van der Waals surface area contributed by atoms with E-state index >= 15 is 0 Å². The number of carbonyl (C=O) groups is 1. The van der Waals surface area contributed by atoms with Crippen LogP contribution in [0.25, 0.3) is 0 Å². The predicted molar refractivity (Wildman–Crippen MR) is 66.9 cm³/mol. The Morgan fingerprint density at radius 3 is 2.56 bits per heavy atom. The molecule has 18 heavy (non-hydrogen) atoms. The van der Waals surface area contributed by atoms with E-state index in [1.807, 2.05) is 25.1 Å². The molecule has 1 aliphatic carbocycles. The number of esters is 1. The molecule has 0 aromatic heterocycles. The molecule has 1 aromatic carbocycles. The Balaban J connectivity index is 2.18. The van der Waals surface area contributed by atoms with Gasteiger partial charge in [0, 0.05) is 5.92 Å². The van der Waals surface area contributed by atoms with Crippen LogP contribution in [0.3, 0.4) is 0 Å². The van der Waals surface area contributed by atoms with Gasteiger partial charge in [-0.2, -0.15) is 0 Å². The van der Waals surface area contributed by atoms with E-state index in [4.69, 9.17) is 14.2 Å². The van der Waals surface area contributed by atoms with Gasteiger partial charge >= 0.3 is 5.97 Å². The smallest absolute Gasteiger partial charge is 0.347 e. The van der Waals surface area contributed by atoms with Crippen molar-refractivity contribution in [1.29, 1.82) is 0 Å². The zero-order valence-corrected chi connectivity index (χ0v) is 10.9. The minimum atomic E-state index is -0.522. The molecule has 1 saturated carbocycles. The maximum Gasteiger partial charge on any atom is 0.347 e. The Labute approximate surface area is 107 Å². The van der Waals surface area contributed by atoms with E-state index in [-0.39, 0.29) is 11.9 Å². The van der Waals surface area contributed by atoms with Crippen LogP contribution in [0.4, 0.5) is 0 Å². The highest BCUT2D eigenvalue weighted by atomic mass is 16.6. The number of aryl methyl sites for hydroxylation is 1. The Bertz CT molecular complexity index is 437. The first kappa shape index (κ1) is 12.7. The summed E-state index contributed by atoms with van der Waals surface area (Å²) in [6, 6.07) is 5.64. The molecule has 0 saturated heterocycles. The van der Waals surface area contributed by atoms with E-state index in [2.05, 4.69) is 0 Å². The molecule has 98 valence electrons. The molecule has 0 amide bonds. The molecule has 0 bridgehead atoms. The third-order valence-corrected chi connectivity index (χ3v) is 3.06. The summed E-state index contributed by atoms with van der Waals surface area (Å²) in [7, 11) is 2.97. The molecule has 1 atom stereocenters. The number of benzene rings is 1. The monoisotopic (exact) mass is 250 g/mol. The third kappa shape index (κ3) is 2.75. The summed E-state index contributed by atoms with van der Waals surface area (Å²) < 4.78 is 15.8. The Kier molecular flexibility index (Phi) is 3.75. The Morgan fingerprint density at radius 2 is 2.00 bits per heavy atom. The molecule has 1 aromatic rings. The van der Waals surface area contributed by atoms with Crippen LogP contribution in [0.1, 0.15) is 18.4 Å². The van der Waals surface area contributed by atoms with E-state index in [9.17, 15) is 4.79 Å². The van der Waals surface area contributed by atoms with Gasteiger partial charge in [-0.3, -0.25) is 0 Å². The maximum absolute atomic E-state index is 11.7. The molecule has 0 heterocycles. The molecule has 0 spiro atoms. The van der Waals surface area contributed by atoms with Gasteiger partial charge in [0.25, 0.3) is 0 Å². The first-order valence-electron chi connectivity index (χ1n) is 6.05. The normalized spacial score (nSPS) is 15.9. The molecule has 0 N–H and O–H groups in total. The average molecular weight is 250 g/mol. The molecule has 1 fully saturated rings. The molecule has 2 rings (SSSR count). The highest BCUT2D eigenvalue weighted by Crippen LogP contribution is 2.37. The standard InChI is InChI=1S/C14H18O4/c1-9-4-7-11(12(8-9)16-2)18-13(10-5-6-10)14(15)17-3/h4,7-8,10,13H,5-6H2,1-3H3. The minimum absolute atomic E-state index is 0.267. The van der Waals surface area contributed by atoms with Crippen molar-refractivity contribution in [3.63, 3.8) is 0 Å². The fraction of sp³-hybridized carbons (Fsp3) is 0.500. The summed E-state index contributed by atoms with van der Waals surface area (Å²) >= 11 is 0.